The quantitative estimate of drug-likeness (QED) is 0.251. The number of ether oxygens (including phenoxy) is 1. The molecule has 0 spiro atoms. The van der Waals surface area contributed by atoms with Gasteiger partial charge in [-0.2, -0.15) is 0 Å². The molecule has 156 valence electrons. The van der Waals surface area contributed by atoms with Crippen molar-refractivity contribution in [2.45, 2.75) is 33.0 Å². The molecular weight excluding hydrogens is 420 g/mol. The first kappa shape index (κ1) is 21.5. The average Bonchev–Trinajstić information content (AvgIpc) is 3.24. The fourth-order valence-electron chi connectivity index (χ4n) is 2.57. The summed E-state index contributed by atoms with van der Waals surface area (Å²) in [5.74, 6) is 3.70. The lowest BCUT2D eigenvalue weighted by Crippen LogP contribution is -2.25. The molecule has 3 rings (SSSR count). The highest BCUT2D eigenvalue weighted by atomic mass is 32.1. The predicted molar refractivity (Wildman–Crippen MR) is 111 cm³/mol. The normalized spacial score (nSPS) is 11.8. The lowest BCUT2D eigenvalue weighted by Gasteiger charge is -2.16. The number of aliphatic hydroxyl groups is 1. The van der Waals surface area contributed by atoms with Crippen molar-refractivity contribution < 1.29 is 18.6 Å². The zero-order valence-corrected chi connectivity index (χ0v) is 17.7. The van der Waals surface area contributed by atoms with Crippen LogP contribution in [0.25, 0.3) is 21.1 Å². The summed E-state index contributed by atoms with van der Waals surface area (Å²) in [5.41, 5.74) is 6.97. The SMILES string of the molecule is Cc1nc(COCC(C)(C)O)sc1-c1nc(-c2cc(F)c(N)c(NN)c2F)cs1. The van der Waals surface area contributed by atoms with Crippen molar-refractivity contribution in [3.63, 3.8) is 0 Å². The first-order valence-corrected chi connectivity index (χ1v) is 10.3. The van der Waals surface area contributed by atoms with E-state index in [1.807, 2.05) is 6.92 Å². The van der Waals surface area contributed by atoms with Gasteiger partial charge in [-0.25, -0.2) is 18.7 Å². The standard InChI is InChI=1S/C18H21F2N5O2S2/c1-8-16(29-12(23-8)5-27-7-18(2,3)26)17-24-11(6-28-17)9-4-10(19)14(21)15(25-22)13(9)20/h4,6,25-26H,5,7,21-22H2,1-3H3. The van der Waals surface area contributed by atoms with E-state index in [1.54, 1.807) is 19.2 Å². The van der Waals surface area contributed by atoms with Gasteiger partial charge in [-0.3, -0.25) is 5.84 Å². The molecule has 0 atom stereocenters. The summed E-state index contributed by atoms with van der Waals surface area (Å²) in [4.78, 5) is 9.72. The Balaban J connectivity index is 1.87. The minimum Gasteiger partial charge on any atom is -0.395 e. The first-order chi connectivity index (χ1) is 13.6. The fraction of sp³-hybridized carbons (Fsp3) is 0.333. The van der Waals surface area contributed by atoms with E-state index in [0.29, 0.717) is 5.01 Å². The van der Waals surface area contributed by atoms with E-state index in [2.05, 4.69) is 15.4 Å². The molecule has 29 heavy (non-hydrogen) atoms. The number of nitrogen functional groups attached to an aromatic ring is 2. The van der Waals surface area contributed by atoms with Gasteiger partial charge in [-0.05, 0) is 26.8 Å². The Hall–Kier alpha value is -2.18. The molecule has 7 nitrogen and oxygen atoms in total. The monoisotopic (exact) mass is 441 g/mol. The van der Waals surface area contributed by atoms with Crippen molar-refractivity contribution in [3.05, 3.63) is 33.8 Å². The highest BCUT2D eigenvalue weighted by molar-refractivity contribution is 7.21. The molecule has 0 saturated heterocycles. The zero-order valence-electron chi connectivity index (χ0n) is 16.0. The number of aryl methyl sites for hydroxylation is 1. The van der Waals surface area contributed by atoms with Gasteiger partial charge >= 0.3 is 0 Å². The van der Waals surface area contributed by atoms with Crippen LogP contribution in [0.4, 0.5) is 20.2 Å². The molecule has 0 aliphatic heterocycles. The predicted octanol–water partition coefficient (Wildman–Crippen LogP) is 3.68. The third-order valence-electron chi connectivity index (χ3n) is 3.89. The number of hydrogen-bond acceptors (Lipinski definition) is 9. The summed E-state index contributed by atoms with van der Waals surface area (Å²) in [7, 11) is 0. The Bertz CT molecular complexity index is 1030. The van der Waals surface area contributed by atoms with Gasteiger partial charge in [0.15, 0.2) is 5.82 Å². The van der Waals surface area contributed by atoms with E-state index in [1.165, 1.54) is 22.7 Å². The second-order valence-corrected chi connectivity index (χ2v) is 8.96. The molecule has 6 N–H and O–H groups in total. The molecule has 0 aliphatic rings. The van der Waals surface area contributed by atoms with Crippen LogP contribution in [0.5, 0.6) is 0 Å². The molecule has 3 aromatic rings. The van der Waals surface area contributed by atoms with Gasteiger partial charge in [0.1, 0.15) is 21.5 Å². The molecule has 11 heteroatoms. The number of benzene rings is 1. The Labute approximate surface area is 174 Å². The minimum atomic E-state index is -0.922. The van der Waals surface area contributed by atoms with Crippen LogP contribution >= 0.6 is 22.7 Å². The number of hydrogen-bond donors (Lipinski definition) is 4. The molecular formula is C18H21F2N5O2S2. The van der Waals surface area contributed by atoms with Crippen LogP contribution in [0.3, 0.4) is 0 Å². The van der Waals surface area contributed by atoms with Crippen LogP contribution in [0.2, 0.25) is 0 Å². The topological polar surface area (TPSA) is 119 Å². The van der Waals surface area contributed by atoms with E-state index in [4.69, 9.17) is 16.3 Å². The van der Waals surface area contributed by atoms with Gasteiger partial charge in [0.05, 0.1) is 40.8 Å². The molecule has 0 saturated carbocycles. The third-order valence-corrected chi connectivity index (χ3v) is 6.02. The number of nitrogens with zero attached hydrogens (tertiary/aromatic N) is 2. The second-order valence-electron chi connectivity index (χ2n) is 7.02. The van der Waals surface area contributed by atoms with Crippen molar-refractivity contribution in [2.24, 2.45) is 5.84 Å². The van der Waals surface area contributed by atoms with Crippen molar-refractivity contribution in [3.8, 4) is 21.1 Å². The van der Waals surface area contributed by atoms with Crippen molar-refractivity contribution in [1.29, 1.82) is 0 Å². The number of thiazole rings is 2. The summed E-state index contributed by atoms with van der Waals surface area (Å²) < 4.78 is 34.2. The molecule has 2 heterocycles. The number of nitrogens with one attached hydrogen (secondary N) is 1. The smallest absolute Gasteiger partial charge is 0.159 e. The number of halogens is 2. The van der Waals surface area contributed by atoms with Gasteiger partial charge in [0.25, 0.3) is 0 Å². The highest BCUT2D eigenvalue weighted by Gasteiger charge is 2.21. The van der Waals surface area contributed by atoms with E-state index in [9.17, 15) is 13.9 Å². The maximum atomic E-state index is 14.7. The summed E-state index contributed by atoms with van der Waals surface area (Å²) in [5, 5.41) is 12.7. The Morgan fingerprint density at radius 3 is 2.69 bits per heavy atom. The lowest BCUT2D eigenvalue weighted by atomic mass is 10.1. The van der Waals surface area contributed by atoms with Gasteiger partial charge in [-0.1, -0.05) is 0 Å². The van der Waals surface area contributed by atoms with Gasteiger partial charge in [0.2, 0.25) is 0 Å². The maximum Gasteiger partial charge on any atom is 0.159 e. The van der Waals surface area contributed by atoms with Crippen LogP contribution in [0.1, 0.15) is 24.5 Å². The molecule has 0 aliphatic carbocycles. The highest BCUT2D eigenvalue weighted by Crippen LogP contribution is 2.38. The molecule has 2 aromatic heterocycles. The molecule has 0 unspecified atom stereocenters. The third kappa shape index (κ3) is 4.70. The van der Waals surface area contributed by atoms with Crippen LogP contribution in [-0.4, -0.2) is 27.3 Å². The minimum absolute atomic E-state index is 0.0388. The van der Waals surface area contributed by atoms with Crippen molar-refractivity contribution in [1.82, 2.24) is 9.97 Å². The molecule has 1 aromatic carbocycles. The molecule has 0 fully saturated rings. The van der Waals surface area contributed by atoms with Gasteiger partial charge < -0.3 is 21.0 Å². The average molecular weight is 442 g/mol. The number of aromatic nitrogens is 2. The Kier molecular flexibility index (Phi) is 6.15. The van der Waals surface area contributed by atoms with Crippen molar-refractivity contribution in [2.75, 3.05) is 17.8 Å². The van der Waals surface area contributed by atoms with Crippen LogP contribution < -0.4 is 17.0 Å². The number of rotatable bonds is 7. The van der Waals surface area contributed by atoms with E-state index in [-0.39, 0.29) is 30.2 Å². The van der Waals surface area contributed by atoms with Gasteiger partial charge in [-0.15, -0.1) is 22.7 Å². The molecule has 0 radical (unpaired) electrons. The zero-order chi connectivity index (χ0) is 21.3. The summed E-state index contributed by atoms with van der Waals surface area (Å²) in [6, 6.07) is 1.000. The Morgan fingerprint density at radius 1 is 1.31 bits per heavy atom. The Morgan fingerprint density at radius 2 is 2.03 bits per heavy atom. The second kappa shape index (κ2) is 8.28. The molecule has 0 amide bonds. The van der Waals surface area contributed by atoms with Crippen molar-refractivity contribution >= 4 is 34.0 Å². The maximum absolute atomic E-state index is 14.7. The number of anilines is 2. The van der Waals surface area contributed by atoms with E-state index >= 15 is 0 Å². The van der Waals surface area contributed by atoms with E-state index < -0.39 is 22.9 Å². The summed E-state index contributed by atoms with van der Waals surface area (Å²) >= 11 is 2.69. The number of nitrogens with two attached hydrogens (primary N) is 2. The van der Waals surface area contributed by atoms with Crippen LogP contribution in [0, 0.1) is 18.6 Å². The van der Waals surface area contributed by atoms with Crippen LogP contribution in [-0.2, 0) is 11.3 Å². The van der Waals surface area contributed by atoms with E-state index in [0.717, 1.165) is 21.6 Å². The summed E-state index contributed by atoms with van der Waals surface area (Å²) in [6.45, 7) is 5.60. The fourth-order valence-corrected chi connectivity index (χ4v) is 4.53. The first-order valence-electron chi connectivity index (χ1n) is 8.57. The van der Waals surface area contributed by atoms with Crippen LogP contribution in [0.15, 0.2) is 11.4 Å². The molecule has 0 bridgehead atoms. The number of hydrazine groups is 1. The summed E-state index contributed by atoms with van der Waals surface area (Å²) in [6.07, 6.45) is 0. The largest absolute Gasteiger partial charge is 0.395 e. The van der Waals surface area contributed by atoms with Gasteiger partial charge in [0, 0.05) is 10.9 Å². The lowest BCUT2D eigenvalue weighted by molar-refractivity contribution is -0.0269.